The molecule has 0 amide bonds. The molecule has 4 rings (SSSR count). The number of aryl methyl sites for hydroxylation is 1. The normalized spacial score (nSPS) is 16.3. The lowest BCUT2D eigenvalue weighted by Crippen LogP contribution is -2.32. The van der Waals surface area contributed by atoms with Gasteiger partial charge in [0, 0.05) is 41.1 Å². The lowest BCUT2D eigenvalue weighted by Gasteiger charge is -2.27. The molecular formula is C22H22N4O2. The van der Waals surface area contributed by atoms with Gasteiger partial charge in [0.25, 0.3) is 0 Å². The number of rotatable bonds is 5. The van der Waals surface area contributed by atoms with Gasteiger partial charge in [-0.05, 0) is 44.0 Å². The summed E-state index contributed by atoms with van der Waals surface area (Å²) in [7, 11) is 0. The van der Waals surface area contributed by atoms with Crippen molar-refractivity contribution in [3.8, 4) is 11.8 Å². The highest BCUT2D eigenvalue weighted by Gasteiger charge is 2.25. The van der Waals surface area contributed by atoms with E-state index in [0.29, 0.717) is 12.3 Å². The molecule has 0 radical (unpaired) electrons. The third-order valence-corrected chi connectivity index (χ3v) is 5.13. The molecule has 1 fully saturated rings. The molecule has 1 saturated heterocycles. The monoisotopic (exact) mass is 374 g/mol. The zero-order chi connectivity index (χ0) is 19.5. The second kappa shape index (κ2) is 7.83. The number of nitrogens with zero attached hydrogens (tertiary/aromatic N) is 4. The highest BCUT2D eigenvalue weighted by molar-refractivity contribution is 5.93. The van der Waals surface area contributed by atoms with Crippen LogP contribution < -0.4 is 9.64 Å². The average molecular weight is 374 g/mol. The molecule has 0 saturated carbocycles. The molecule has 6 nitrogen and oxygen atoms in total. The zero-order valence-corrected chi connectivity index (χ0v) is 15.8. The second-order valence-corrected chi connectivity index (χ2v) is 7.09. The molecule has 0 unspecified atom stereocenters. The summed E-state index contributed by atoms with van der Waals surface area (Å²) in [4.78, 5) is 11.0. The summed E-state index contributed by atoms with van der Waals surface area (Å²) >= 11 is 0. The number of hydrogen-bond acceptors (Lipinski definition) is 6. The van der Waals surface area contributed by atoms with Crippen LogP contribution in [0.3, 0.4) is 0 Å². The topological polar surface area (TPSA) is 82.3 Å². The Balaban J connectivity index is 1.59. The number of aliphatic hydroxyl groups is 1. The minimum Gasteiger partial charge on any atom is -0.489 e. The van der Waals surface area contributed by atoms with Crippen molar-refractivity contribution in [2.24, 2.45) is 0 Å². The molecule has 1 aromatic carbocycles. The highest BCUT2D eigenvalue weighted by Crippen LogP contribution is 2.33. The van der Waals surface area contributed by atoms with Crippen LogP contribution >= 0.6 is 0 Å². The first-order valence-corrected chi connectivity index (χ1v) is 9.44. The molecule has 0 spiro atoms. The average Bonchev–Trinajstić information content (AvgIpc) is 3.20. The van der Waals surface area contributed by atoms with E-state index in [9.17, 15) is 5.11 Å². The zero-order valence-electron chi connectivity index (χ0n) is 15.8. The Kier molecular flexibility index (Phi) is 5.09. The number of pyridine rings is 2. The Morgan fingerprint density at radius 3 is 2.93 bits per heavy atom. The second-order valence-electron chi connectivity index (χ2n) is 7.09. The highest BCUT2D eigenvalue weighted by atomic mass is 16.5. The SMILES string of the molecule is Cc1cc(N2CCC[C@H]2CO)c2ccc(OCc3ccc(C#N)nc3)cc2n1. The predicted octanol–water partition coefficient (Wildman–Crippen LogP) is 3.35. The van der Waals surface area contributed by atoms with Gasteiger partial charge in [0.2, 0.25) is 0 Å². The molecule has 2 aromatic heterocycles. The Hall–Kier alpha value is -3.17. The quantitative estimate of drug-likeness (QED) is 0.737. The van der Waals surface area contributed by atoms with E-state index in [1.54, 1.807) is 12.3 Å². The first-order valence-electron chi connectivity index (χ1n) is 9.44. The van der Waals surface area contributed by atoms with Crippen molar-refractivity contribution in [1.29, 1.82) is 5.26 Å². The standard InChI is InChI=1S/C22H22N4O2/c1-15-9-22(26-8-2-3-18(26)13-27)20-7-6-19(10-21(20)25-15)28-14-16-4-5-17(11-23)24-12-16/h4-7,9-10,12,18,27H,2-3,8,13-14H2,1H3/t18-/m0/s1. The Labute approximate surface area is 164 Å². The van der Waals surface area contributed by atoms with Crippen molar-refractivity contribution < 1.29 is 9.84 Å². The van der Waals surface area contributed by atoms with Gasteiger partial charge < -0.3 is 14.7 Å². The molecular weight excluding hydrogens is 352 g/mol. The lowest BCUT2D eigenvalue weighted by molar-refractivity contribution is 0.266. The number of nitriles is 1. The van der Waals surface area contributed by atoms with Gasteiger partial charge in [-0.25, -0.2) is 4.98 Å². The number of hydrogen-bond donors (Lipinski definition) is 1. The smallest absolute Gasteiger partial charge is 0.140 e. The van der Waals surface area contributed by atoms with Gasteiger partial charge in [0.1, 0.15) is 24.1 Å². The molecule has 0 bridgehead atoms. The van der Waals surface area contributed by atoms with Crippen LogP contribution in [0.25, 0.3) is 10.9 Å². The van der Waals surface area contributed by atoms with Crippen molar-refractivity contribution in [3.63, 3.8) is 0 Å². The molecule has 1 N–H and O–H groups in total. The Morgan fingerprint density at radius 1 is 1.29 bits per heavy atom. The third kappa shape index (κ3) is 3.62. The fourth-order valence-electron chi connectivity index (χ4n) is 3.73. The first-order chi connectivity index (χ1) is 13.7. The maximum atomic E-state index is 9.69. The molecule has 28 heavy (non-hydrogen) atoms. The van der Waals surface area contributed by atoms with Gasteiger partial charge in [-0.15, -0.1) is 0 Å². The summed E-state index contributed by atoms with van der Waals surface area (Å²) in [5.41, 5.74) is 4.25. The van der Waals surface area contributed by atoms with Gasteiger partial charge >= 0.3 is 0 Å². The van der Waals surface area contributed by atoms with E-state index in [1.807, 2.05) is 37.3 Å². The first kappa shape index (κ1) is 18.2. The van der Waals surface area contributed by atoms with E-state index < -0.39 is 0 Å². The van der Waals surface area contributed by atoms with E-state index in [0.717, 1.165) is 53.0 Å². The van der Waals surface area contributed by atoms with Crippen LogP contribution in [-0.4, -0.2) is 34.3 Å². The summed E-state index contributed by atoms with van der Waals surface area (Å²) in [6.07, 6.45) is 3.76. The number of fused-ring (bicyclic) bond motifs is 1. The fourth-order valence-corrected chi connectivity index (χ4v) is 3.73. The van der Waals surface area contributed by atoms with E-state index in [1.165, 1.54) is 0 Å². The van der Waals surface area contributed by atoms with Crippen molar-refractivity contribution in [1.82, 2.24) is 9.97 Å². The van der Waals surface area contributed by atoms with E-state index in [4.69, 9.17) is 10.00 Å². The van der Waals surface area contributed by atoms with Crippen molar-refractivity contribution in [2.45, 2.75) is 32.4 Å². The van der Waals surface area contributed by atoms with Crippen LogP contribution in [0.4, 0.5) is 5.69 Å². The number of aliphatic hydroxyl groups excluding tert-OH is 1. The molecule has 3 heterocycles. The van der Waals surface area contributed by atoms with Gasteiger partial charge in [-0.3, -0.25) is 4.98 Å². The van der Waals surface area contributed by atoms with Crippen LogP contribution in [0.2, 0.25) is 0 Å². The summed E-state index contributed by atoms with van der Waals surface area (Å²) in [5.74, 6) is 0.737. The fraction of sp³-hybridized carbons (Fsp3) is 0.318. The van der Waals surface area contributed by atoms with Crippen molar-refractivity contribution in [3.05, 3.63) is 59.5 Å². The van der Waals surface area contributed by atoms with Gasteiger partial charge in [-0.2, -0.15) is 5.26 Å². The van der Waals surface area contributed by atoms with E-state index >= 15 is 0 Å². The van der Waals surface area contributed by atoms with Crippen molar-refractivity contribution in [2.75, 3.05) is 18.1 Å². The molecule has 3 aromatic rings. The molecule has 0 aliphatic carbocycles. The molecule has 1 aliphatic rings. The van der Waals surface area contributed by atoms with Crippen LogP contribution in [0.5, 0.6) is 5.75 Å². The maximum absolute atomic E-state index is 9.69. The van der Waals surface area contributed by atoms with E-state index in [-0.39, 0.29) is 12.6 Å². The lowest BCUT2D eigenvalue weighted by atomic mass is 10.1. The van der Waals surface area contributed by atoms with E-state index in [2.05, 4.69) is 20.9 Å². The molecule has 6 heteroatoms. The van der Waals surface area contributed by atoms with Crippen LogP contribution in [0, 0.1) is 18.3 Å². The Morgan fingerprint density at radius 2 is 2.18 bits per heavy atom. The van der Waals surface area contributed by atoms with Crippen LogP contribution in [0.1, 0.15) is 29.8 Å². The number of ether oxygens (including phenoxy) is 1. The number of benzene rings is 1. The number of anilines is 1. The minimum absolute atomic E-state index is 0.169. The summed E-state index contributed by atoms with van der Waals surface area (Å²) in [6, 6.07) is 13.7. The largest absolute Gasteiger partial charge is 0.489 e. The Bertz CT molecular complexity index is 1030. The predicted molar refractivity (Wildman–Crippen MR) is 107 cm³/mol. The van der Waals surface area contributed by atoms with Gasteiger partial charge in [0.05, 0.1) is 18.2 Å². The summed E-state index contributed by atoms with van der Waals surface area (Å²) in [6.45, 7) is 3.49. The molecule has 142 valence electrons. The van der Waals surface area contributed by atoms with Crippen molar-refractivity contribution >= 4 is 16.6 Å². The number of aromatic nitrogens is 2. The summed E-state index contributed by atoms with van der Waals surface area (Å²) < 4.78 is 5.90. The van der Waals surface area contributed by atoms with Gasteiger partial charge in [0.15, 0.2) is 0 Å². The maximum Gasteiger partial charge on any atom is 0.140 e. The molecule has 1 atom stereocenters. The van der Waals surface area contributed by atoms with Crippen LogP contribution in [0.15, 0.2) is 42.6 Å². The minimum atomic E-state index is 0.169. The molecule has 1 aliphatic heterocycles. The van der Waals surface area contributed by atoms with Crippen LogP contribution in [-0.2, 0) is 6.61 Å². The van der Waals surface area contributed by atoms with Gasteiger partial charge in [-0.1, -0.05) is 6.07 Å². The third-order valence-electron chi connectivity index (χ3n) is 5.13. The summed E-state index contributed by atoms with van der Waals surface area (Å²) in [5, 5.41) is 19.6.